The van der Waals surface area contributed by atoms with E-state index in [1.54, 1.807) is 19.1 Å². The summed E-state index contributed by atoms with van der Waals surface area (Å²) in [5.41, 5.74) is -0.412. The first kappa shape index (κ1) is 11.9. The summed E-state index contributed by atoms with van der Waals surface area (Å²) in [6.45, 7) is 3.55. The minimum absolute atomic E-state index is 0.269. The molecule has 0 radical (unpaired) electrons. The third-order valence-corrected chi connectivity index (χ3v) is 3.16. The number of amides is 3. The Bertz CT molecular complexity index is 474. The summed E-state index contributed by atoms with van der Waals surface area (Å²) in [5.74, 6) is -0.269. The van der Waals surface area contributed by atoms with Crippen molar-refractivity contribution in [2.75, 3.05) is 4.90 Å². The van der Waals surface area contributed by atoms with Crippen LogP contribution >= 0.6 is 11.6 Å². The molecule has 1 N–H and O–H groups in total. The monoisotopic (exact) mass is 253 g/mol. The Morgan fingerprint density at radius 2 is 2.18 bits per heavy atom. The Morgan fingerprint density at radius 1 is 1.47 bits per heavy atom. The molecule has 17 heavy (non-hydrogen) atoms. The number of carbonyl (C=O) groups excluding carboxylic acids is 2. The number of anilines is 1. The van der Waals surface area contributed by atoms with Gasteiger partial charge < -0.3 is 5.32 Å². The number of carbonyl (C=O) groups is 2. The van der Waals surface area contributed by atoms with Gasteiger partial charge in [0.15, 0.2) is 0 Å². The molecule has 0 spiro atoms. The maximum atomic E-state index is 12.1. The summed E-state index contributed by atoms with van der Waals surface area (Å²) in [6, 6.07) is 2.70. The maximum absolute atomic E-state index is 12.1. The van der Waals surface area contributed by atoms with E-state index in [4.69, 9.17) is 11.6 Å². The van der Waals surface area contributed by atoms with Crippen molar-refractivity contribution in [2.24, 2.45) is 0 Å². The zero-order valence-corrected chi connectivity index (χ0v) is 10.3. The number of nitrogens with zero attached hydrogens (tertiary/aromatic N) is 2. The van der Waals surface area contributed by atoms with E-state index in [0.29, 0.717) is 17.3 Å². The summed E-state index contributed by atoms with van der Waals surface area (Å²) in [6.07, 6.45) is 1.94. The Morgan fingerprint density at radius 3 is 2.65 bits per heavy atom. The van der Waals surface area contributed by atoms with Gasteiger partial charge in [0.05, 0.1) is 11.9 Å². The molecular weight excluding hydrogens is 242 g/mol. The molecule has 0 saturated carbocycles. The van der Waals surface area contributed by atoms with Gasteiger partial charge in [-0.2, -0.15) is 0 Å². The molecule has 3 amide bonds. The van der Waals surface area contributed by atoms with Gasteiger partial charge in [0, 0.05) is 0 Å². The van der Waals surface area contributed by atoms with E-state index < -0.39 is 11.6 Å². The highest BCUT2D eigenvalue weighted by molar-refractivity contribution is 6.29. The van der Waals surface area contributed by atoms with Crippen molar-refractivity contribution in [1.82, 2.24) is 10.3 Å². The van der Waals surface area contributed by atoms with Gasteiger partial charge in [-0.3, -0.25) is 4.79 Å². The fraction of sp³-hybridized carbons (Fsp3) is 0.364. The third-order valence-electron chi connectivity index (χ3n) is 2.94. The number of halogens is 1. The number of aromatic nitrogens is 1. The topological polar surface area (TPSA) is 62.3 Å². The lowest BCUT2D eigenvalue weighted by molar-refractivity contribution is -0.121. The van der Waals surface area contributed by atoms with Gasteiger partial charge >= 0.3 is 6.03 Å². The molecule has 1 aromatic heterocycles. The molecule has 0 unspecified atom stereocenters. The molecule has 1 aliphatic heterocycles. The highest BCUT2D eigenvalue weighted by atomic mass is 35.5. The molecule has 90 valence electrons. The molecule has 1 fully saturated rings. The molecular formula is C11H12ClN3O2. The summed E-state index contributed by atoms with van der Waals surface area (Å²) in [4.78, 5) is 28.9. The van der Waals surface area contributed by atoms with E-state index in [-0.39, 0.29) is 5.91 Å². The number of urea groups is 1. The van der Waals surface area contributed by atoms with Crippen LogP contribution in [0.3, 0.4) is 0 Å². The fourth-order valence-electron chi connectivity index (χ4n) is 1.66. The Labute approximate surface area is 104 Å². The van der Waals surface area contributed by atoms with Crippen LogP contribution in [0.5, 0.6) is 0 Å². The van der Waals surface area contributed by atoms with Crippen molar-refractivity contribution in [2.45, 2.75) is 25.8 Å². The summed E-state index contributed by atoms with van der Waals surface area (Å²) in [5, 5.41) is 2.99. The van der Waals surface area contributed by atoms with E-state index in [2.05, 4.69) is 10.3 Å². The van der Waals surface area contributed by atoms with Gasteiger partial charge in [-0.25, -0.2) is 14.7 Å². The van der Waals surface area contributed by atoms with Gasteiger partial charge in [0.25, 0.3) is 5.91 Å². The molecule has 0 bridgehead atoms. The van der Waals surface area contributed by atoms with Crippen LogP contribution in [0, 0.1) is 0 Å². The first-order valence-corrected chi connectivity index (χ1v) is 5.64. The smallest absolute Gasteiger partial charge is 0.323 e. The average molecular weight is 254 g/mol. The van der Waals surface area contributed by atoms with Crippen LogP contribution in [0.1, 0.15) is 20.3 Å². The average Bonchev–Trinajstić information content (AvgIpc) is 2.53. The molecule has 1 atom stereocenters. The van der Waals surface area contributed by atoms with Crippen molar-refractivity contribution in [3.05, 3.63) is 23.5 Å². The first-order chi connectivity index (χ1) is 7.98. The second-order valence-corrected chi connectivity index (χ2v) is 4.48. The summed E-state index contributed by atoms with van der Waals surface area (Å²) >= 11 is 5.66. The predicted molar refractivity (Wildman–Crippen MR) is 64.0 cm³/mol. The largest absolute Gasteiger partial charge is 0.329 e. The Balaban J connectivity index is 2.37. The standard InChI is InChI=1S/C11H12ClN3O2/c1-3-11(2)9(16)15(10(17)14-11)7-4-5-8(12)13-6-7/h4-6H,3H2,1-2H3,(H,14,17)/t11-/m1/s1. The highest BCUT2D eigenvalue weighted by Crippen LogP contribution is 2.26. The highest BCUT2D eigenvalue weighted by Gasteiger charge is 2.47. The lowest BCUT2D eigenvalue weighted by atomic mass is 9.99. The predicted octanol–water partition coefficient (Wildman–Crippen LogP) is 1.96. The molecule has 0 aromatic carbocycles. The van der Waals surface area contributed by atoms with Crippen LogP contribution in [0.25, 0.3) is 0 Å². The van der Waals surface area contributed by atoms with E-state index in [1.165, 1.54) is 6.20 Å². The van der Waals surface area contributed by atoms with Crippen LogP contribution < -0.4 is 10.2 Å². The number of pyridine rings is 1. The normalized spacial score (nSPS) is 24.1. The summed E-state index contributed by atoms with van der Waals surface area (Å²) in [7, 11) is 0. The van der Waals surface area contributed by atoms with Gasteiger partial charge in [-0.1, -0.05) is 18.5 Å². The summed E-state index contributed by atoms with van der Waals surface area (Å²) < 4.78 is 0. The van der Waals surface area contributed by atoms with Gasteiger partial charge in [0.1, 0.15) is 10.7 Å². The Hall–Kier alpha value is -1.62. The molecule has 1 aliphatic rings. The zero-order chi connectivity index (χ0) is 12.6. The second kappa shape index (κ2) is 4.00. The molecule has 1 saturated heterocycles. The number of hydrogen-bond donors (Lipinski definition) is 1. The lowest BCUT2D eigenvalue weighted by Crippen LogP contribution is -2.43. The van der Waals surface area contributed by atoms with Crippen LogP contribution in [0.4, 0.5) is 10.5 Å². The molecule has 2 heterocycles. The minimum atomic E-state index is -0.837. The fourth-order valence-corrected chi connectivity index (χ4v) is 1.77. The first-order valence-electron chi connectivity index (χ1n) is 5.26. The Kier molecular flexibility index (Phi) is 2.79. The third kappa shape index (κ3) is 1.86. The van der Waals surface area contributed by atoms with Crippen molar-refractivity contribution >= 4 is 29.2 Å². The van der Waals surface area contributed by atoms with Crippen molar-refractivity contribution in [1.29, 1.82) is 0 Å². The van der Waals surface area contributed by atoms with Crippen molar-refractivity contribution in [3.8, 4) is 0 Å². The number of rotatable bonds is 2. The molecule has 5 nitrogen and oxygen atoms in total. The van der Waals surface area contributed by atoms with E-state index in [1.807, 2.05) is 6.92 Å². The maximum Gasteiger partial charge on any atom is 0.329 e. The van der Waals surface area contributed by atoms with Crippen molar-refractivity contribution < 1.29 is 9.59 Å². The van der Waals surface area contributed by atoms with Crippen LogP contribution in [-0.2, 0) is 4.79 Å². The zero-order valence-electron chi connectivity index (χ0n) is 9.53. The van der Waals surface area contributed by atoms with Crippen LogP contribution in [0.2, 0.25) is 5.15 Å². The van der Waals surface area contributed by atoms with Gasteiger partial charge in [-0.05, 0) is 25.5 Å². The molecule has 1 aromatic rings. The van der Waals surface area contributed by atoms with E-state index >= 15 is 0 Å². The quantitative estimate of drug-likeness (QED) is 0.647. The van der Waals surface area contributed by atoms with Crippen LogP contribution in [0.15, 0.2) is 18.3 Å². The number of hydrogen-bond acceptors (Lipinski definition) is 3. The van der Waals surface area contributed by atoms with E-state index in [9.17, 15) is 9.59 Å². The minimum Gasteiger partial charge on any atom is -0.323 e. The SMILES string of the molecule is CC[C@@]1(C)NC(=O)N(c2ccc(Cl)nc2)C1=O. The van der Waals surface area contributed by atoms with Crippen LogP contribution in [-0.4, -0.2) is 22.5 Å². The van der Waals surface area contributed by atoms with Gasteiger partial charge in [0.2, 0.25) is 0 Å². The lowest BCUT2D eigenvalue weighted by Gasteiger charge is -2.19. The number of nitrogens with one attached hydrogen (secondary N) is 1. The van der Waals surface area contributed by atoms with E-state index in [0.717, 1.165) is 4.90 Å². The molecule has 6 heteroatoms. The second-order valence-electron chi connectivity index (χ2n) is 4.10. The van der Waals surface area contributed by atoms with Crippen molar-refractivity contribution in [3.63, 3.8) is 0 Å². The molecule has 0 aliphatic carbocycles. The number of imide groups is 1. The van der Waals surface area contributed by atoms with Gasteiger partial charge in [-0.15, -0.1) is 0 Å². The molecule has 2 rings (SSSR count).